The standard InChI is InChI=1S/C28H43N5O6S2/c1-21(2)17-32(18-22(3)4)28(34)26(30-41(37,38)25-11-10-23-12-14-39-27(23)15-25)9-7-8-13-33(40(6,35)36)19-24-16-29-20-31(24)5/h10-12,14-16,20-22,26,30H,7-9,13,17-19H2,1-6H3/t26-/m0/s1. The molecule has 0 aliphatic heterocycles. The number of hydrogen-bond donors (Lipinski definition) is 1. The number of fused-ring (bicyclic) bond motifs is 1. The molecule has 228 valence electrons. The van der Waals surface area contributed by atoms with Crippen LogP contribution in [-0.2, 0) is 38.4 Å². The fourth-order valence-corrected chi connectivity index (χ4v) is 6.73. The third-order valence-corrected chi connectivity index (χ3v) is 9.41. The number of carbonyl (C=O) groups is 1. The van der Waals surface area contributed by atoms with Gasteiger partial charge in [0.05, 0.1) is 36.0 Å². The van der Waals surface area contributed by atoms with E-state index in [1.807, 2.05) is 27.7 Å². The summed E-state index contributed by atoms with van der Waals surface area (Å²) in [5, 5.41) is 0.776. The van der Waals surface area contributed by atoms with Gasteiger partial charge in [0.2, 0.25) is 26.0 Å². The summed E-state index contributed by atoms with van der Waals surface area (Å²) in [7, 11) is -5.75. The second kappa shape index (κ2) is 14.0. The molecule has 0 unspecified atom stereocenters. The number of aromatic nitrogens is 2. The van der Waals surface area contributed by atoms with Gasteiger partial charge in [-0.25, -0.2) is 21.8 Å². The minimum Gasteiger partial charge on any atom is -0.464 e. The van der Waals surface area contributed by atoms with E-state index in [2.05, 4.69) is 9.71 Å². The highest BCUT2D eigenvalue weighted by molar-refractivity contribution is 7.89. The van der Waals surface area contributed by atoms with E-state index >= 15 is 0 Å². The highest BCUT2D eigenvalue weighted by atomic mass is 32.2. The molecule has 11 nitrogen and oxygen atoms in total. The van der Waals surface area contributed by atoms with Gasteiger partial charge in [0, 0.05) is 44.3 Å². The summed E-state index contributed by atoms with van der Waals surface area (Å²) in [4.78, 5) is 19.6. The Hall–Kier alpha value is -2.74. The Labute approximate surface area is 244 Å². The monoisotopic (exact) mass is 609 g/mol. The number of nitrogens with one attached hydrogen (secondary N) is 1. The van der Waals surface area contributed by atoms with Gasteiger partial charge in [0.25, 0.3) is 0 Å². The quantitative estimate of drug-likeness (QED) is 0.245. The summed E-state index contributed by atoms with van der Waals surface area (Å²) in [6.07, 6.45) is 6.99. The molecule has 2 heterocycles. The maximum Gasteiger partial charge on any atom is 0.241 e. The van der Waals surface area contributed by atoms with Crippen LogP contribution >= 0.6 is 0 Å². The van der Waals surface area contributed by atoms with Crippen LogP contribution in [0, 0.1) is 11.8 Å². The third kappa shape index (κ3) is 9.38. The van der Waals surface area contributed by atoms with Crippen molar-refractivity contribution in [2.24, 2.45) is 18.9 Å². The minimum absolute atomic E-state index is 0.0106. The number of benzene rings is 1. The number of furan rings is 1. The molecule has 0 fully saturated rings. The number of amides is 1. The van der Waals surface area contributed by atoms with Crippen LogP contribution in [0.25, 0.3) is 11.0 Å². The van der Waals surface area contributed by atoms with Gasteiger partial charge in [-0.3, -0.25) is 4.79 Å². The van der Waals surface area contributed by atoms with E-state index in [4.69, 9.17) is 4.42 Å². The first kappa shape index (κ1) is 32.8. The second-order valence-corrected chi connectivity index (χ2v) is 15.1. The van der Waals surface area contributed by atoms with Crippen LogP contribution < -0.4 is 4.72 Å². The average molecular weight is 610 g/mol. The first-order chi connectivity index (χ1) is 19.2. The summed E-state index contributed by atoms with van der Waals surface area (Å²) in [6.45, 7) is 9.46. The molecule has 0 saturated carbocycles. The molecule has 3 aromatic rings. The number of nitrogens with zero attached hydrogens (tertiary/aromatic N) is 4. The molecule has 1 N–H and O–H groups in total. The lowest BCUT2D eigenvalue weighted by Gasteiger charge is -2.30. The molecule has 0 bridgehead atoms. The molecule has 0 spiro atoms. The molecule has 0 saturated heterocycles. The van der Waals surface area contributed by atoms with Crippen LogP contribution in [0.15, 0.2) is 52.4 Å². The van der Waals surface area contributed by atoms with Crippen LogP contribution in [0.4, 0.5) is 0 Å². The lowest BCUT2D eigenvalue weighted by atomic mass is 10.1. The number of aryl methyl sites for hydroxylation is 1. The zero-order valence-electron chi connectivity index (χ0n) is 24.8. The lowest BCUT2D eigenvalue weighted by molar-refractivity contribution is -0.134. The Balaban J connectivity index is 1.78. The van der Waals surface area contributed by atoms with Crippen molar-refractivity contribution < 1.29 is 26.0 Å². The van der Waals surface area contributed by atoms with Gasteiger partial charge in [-0.2, -0.15) is 9.03 Å². The molecule has 2 aromatic heterocycles. The molecule has 1 atom stereocenters. The number of hydrogen-bond acceptors (Lipinski definition) is 7. The van der Waals surface area contributed by atoms with E-state index in [-0.39, 0.29) is 42.1 Å². The average Bonchev–Trinajstić information content (AvgIpc) is 3.51. The maximum absolute atomic E-state index is 13.8. The molecule has 0 aliphatic rings. The van der Waals surface area contributed by atoms with Crippen LogP contribution in [0.1, 0.15) is 52.7 Å². The number of rotatable bonds is 16. The summed E-state index contributed by atoms with van der Waals surface area (Å²) >= 11 is 0. The predicted molar refractivity (Wildman–Crippen MR) is 159 cm³/mol. The highest BCUT2D eigenvalue weighted by Gasteiger charge is 2.30. The molecular weight excluding hydrogens is 566 g/mol. The Kier molecular flexibility index (Phi) is 11.1. The number of imidazole rings is 1. The zero-order chi connectivity index (χ0) is 30.4. The van der Waals surface area contributed by atoms with Gasteiger partial charge in [-0.1, -0.05) is 34.1 Å². The van der Waals surface area contributed by atoms with Gasteiger partial charge in [-0.15, -0.1) is 0 Å². The van der Waals surface area contributed by atoms with Gasteiger partial charge in [0.15, 0.2) is 0 Å². The van der Waals surface area contributed by atoms with Crippen LogP contribution in [-0.4, -0.2) is 73.4 Å². The van der Waals surface area contributed by atoms with Crippen molar-refractivity contribution in [1.29, 1.82) is 0 Å². The van der Waals surface area contributed by atoms with E-state index in [1.165, 1.54) is 22.7 Å². The van der Waals surface area contributed by atoms with E-state index < -0.39 is 26.1 Å². The fraction of sp³-hybridized carbons (Fsp3) is 0.571. The molecule has 41 heavy (non-hydrogen) atoms. The van der Waals surface area contributed by atoms with E-state index in [0.717, 1.165) is 17.3 Å². The Morgan fingerprint density at radius 2 is 1.73 bits per heavy atom. The van der Waals surface area contributed by atoms with Gasteiger partial charge in [0.1, 0.15) is 11.6 Å². The first-order valence-corrected chi connectivity index (χ1v) is 17.2. The van der Waals surface area contributed by atoms with Gasteiger partial charge >= 0.3 is 0 Å². The molecule has 3 rings (SSSR count). The van der Waals surface area contributed by atoms with Crippen LogP contribution in [0.5, 0.6) is 0 Å². The minimum atomic E-state index is -4.05. The molecule has 13 heteroatoms. The third-order valence-electron chi connectivity index (χ3n) is 6.69. The van der Waals surface area contributed by atoms with Crippen molar-refractivity contribution in [1.82, 2.24) is 23.5 Å². The second-order valence-electron chi connectivity index (χ2n) is 11.4. The number of sulfonamides is 2. The van der Waals surface area contributed by atoms with Crippen molar-refractivity contribution >= 4 is 36.9 Å². The van der Waals surface area contributed by atoms with Crippen molar-refractivity contribution in [3.05, 3.63) is 48.7 Å². The molecule has 1 aromatic carbocycles. The van der Waals surface area contributed by atoms with E-state index in [0.29, 0.717) is 31.5 Å². The SMILES string of the molecule is CC(C)CN(CC(C)C)C(=O)[C@H](CCCCN(Cc1cncn1C)S(C)(=O)=O)NS(=O)(=O)c1ccc2ccoc2c1. The van der Waals surface area contributed by atoms with Gasteiger partial charge < -0.3 is 13.9 Å². The molecule has 1 amide bonds. The van der Waals surface area contributed by atoms with Crippen LogP contribution in [0.3, 0.4) is 0 Å². The fourth-order valence-electron chi connectivity index (χ4n) is 4.66. The largest absolute Gasteiger partial charge is 0.464 e. The van der Waals surface area contributed by atoms with Crippen molar-refractivity contribution in [3.63, 3.8) is 0 Å². The number of unbranched alkanes of at least 4 members (excludes halogenated alkanes) is 1. The molecular formula is C28H43N5O6S2. The first-order valence-electron chi connectivity index (χ1n) is 13.9. The predicted octanol–water partition coefficient (Wildman–Crippen LogP) is 3.59. The van der Waals surface area contributed by atoms with Crippen molar-refractivity contribution in [2.75, 3.05) is 25.9 Å². The van der Waals surface area contributed by atoms with E-state index in [9.17, 15) is 21.6 Å². The number of carbonyl (C=O) groups excluding carboxylic acids is 1. The molecule has 0 radical (unpaired) electrons. The summed E-state index contributed by atoms with van der Waals surface area (Å²) < 4.78 is 63.0. The topological polar surface area (TPSA) is 135 Å². The normalized spacial score (nSPS) is 13.5. The summed E-state index contributed by atoms with van der Waals surface area (Å²) in [6, 6.07) is 5.34. The Morgan fingerprint density at radius 3 is 2.32 bits per heavy atom. The van der Waals surface area contributed by atoms with E-state index in [1.54, 1.807) is 41.2 Å². The Morgan fingerprint density at radius 1 is 1.05 bits per heavy atom. The lowest BCUT2D eigenvalue weighted by Crippen LogP contribution is -2.50. The Bertz CT molecular complexity index is 1500. The smallest absolute Gasteiger partial charge is 0.241 e. The zero-order valence-corrected chi connectivity index (χ0v) is 26.4. The highest BCUT2D eigenvalue weighted by Crippen LogP contribution is 2.21. The van der Waals surface area contributed by atoms with Crippen LogP contribution in [0.2, 0.25) is 0 Å². The molecule has 0 aliphatic carbocycles. The van der Waals surface area contributed by atoms with Gasteiger partial charge in [-0.05, 0) is 42.9 Å². The maximum atomic E-state index is 13.8. The summed E-state index contributed by atoms with van der Waals surface area (Å²) in [5.41, 5.74) is 1.19. The summed E-state index contributed by atoms with van der Waals surface area (Å²) in [5.74, 6) is 0.114. The van der Waals surface area contributed by atoms with Crippen molar-refractivity contribution in [2.45, 2.75) is 64.4 Å². The van der Waals surface area contributed by atoms with Crippen molar-refractivity contribution in [3.8, 4) is 0 Å².